The van der Waals surface area contributed by atoms with Crippen molar-refractivity contribution >= 4 is 11.6 Å². The molecule has 0 heterocycles. The minimum Gasteiger partial charge on any atom is -0.506 e. The number of aromatic hydroxyl groups is 1. The average molecular weight is 206 g/mol. The maximum absolute atomic E-state index is 11.4. The van der Waals surface area contributed by atoms with Crippen LogP contribution in [0, 0.1) is 0 Å². The van der Waals surface area contributed by atoms with Crippen LogP contribution in [0.15, 0.2) is 23.2 Å². The molecule has 0 fully saturated rings. The first-order chi connectivity index (χ1) is 7.11. The van der Waals surface area contributed by atoms with E-state index in [0.717, 1.165) is 0 Å². The zero-order valence-corrected chi connectivity index (χ0v) is 9.03. The Balaban J connectivity index is 3.29. The summed E-state index contributed by atoms with van der Waals surface area (Å²) in [6.45, 7) is 1.78. The van der Waals surface area contributed by atoms with Gasteiger partial charge in [0.15, 0.2) is 0 Å². The first-order valence-corrected chi connectivity index (χ1v) is 4.59. The van der Waals surface area contributed by atoms with Crippen molar-refractivity contribution in [1.82, 2.24) is 5.32 Å². The molecule has 0 aliphatic heterocycles. The number of hydrogen-bond acceptors (Lipinski definition) is 3. The number of amides is 1. The molecule has 1 aromatic carbocycles. The molecular weight excluding hydrogens is 192 g/mol. The van der Waals surface area contributed by atoms with Gasteiger partial charge in [0, 0.05) is 25.4 Å². The van der Waals surface area contributed by atoms with Crippen LogP contribution < -0.4 is 5.32 Å². The van der Waals surface area contributed by atoms with Crippen molar-refractivity contribution in [3.05, 3.63) is 29.3 Å². The first-order valence-electron chi connectivity index (χ1n) is 4.59. The van der Waals surface area contributed by atoms with Crippen LogP contribution in [0.25, 0.3) is 0 Å². The fourth-order valence-electron chi connectivity index (χ4n) is 1.27. The summed E-state index contributed by atoms with van der Waals surface area (Å²) in [6.07, 6.45) is 0. The van der Waals surface area contributed by atoms with Crippen molar-refractivity contribution in [1.29, 1.82) is 0 Å². The molecule has 0 radical (unpaired) electrons. The van der Waals surface area contributed by atoms with Crippen LogP contribution in [0.5, 0.6) is 5.75 Å². The number of rotatable bonds is 2. The SMILES string of the molecule is CN=C(C)c1cccc(C(=O)NC)c1O. The molecule has 0 saturated heterocycles. The summed E-state index contributed by atoms with van der Waals surface area (Å²) in [5, 5.41) is 12.3. The number of nitrogens with one attached hydrogen (secondary N) is 1. The highest BCUT2D eigenvalue weighted by molar-refractivity contribution is 6.05. The Hall–Kier alpha value is -1.84. The van der Waals surface area contributed by atoms with E-state index in [0.29, 0.717) is 11.3 Å². The third-order valence-corrected chi connectivity index (χ3v) is 2.23. The van der Waals surface area contributed by atoms with Gasteiger partial charge in [-0.1, -0.05) is 6.07 Å². The van der Waals surface area contributed by atoms with Gasteiger partial charge in [0.1, 0.15) is 5.75 Å². The number of hydrogen-bond donors (Lipinski definition) is 2. The van der Waals surface area contributed by atoms with E-state index in [4.69, 9.17) is 0 Å². The van der Waals surface area contributed by atoms with E-state index < -0.39 is 0 Å². The predicted octanol–water partition coefficient (Wildman–Crippen LogP) is 1.19. The van der Waals surface area contributed by atoms with Gasteiger partial charge in [-0.3, -0.25) is 9.79 Å². The van der Waals surface area contributed by atoms with Gasteiger partial charge in [-0.2, -0.15) is 0 Å². The van der Waals surface area contributed by atoms with E-state index in [-0.39, 0.29) is 17.2 Å². The van der Waals surface area contributed by atoms with E-state index in [1.165, 1.54) is 7.05 Å². The van der Waals surface area contributed by atoms with Crippen molar-refractivity contribution in [3.63, 3.8) is 0 Å². The second-order valence-electron chi connectivity index (χ2n) is 3.09. The maximum atomic E-state index is 11.4. The molecule has 0 spiro atoms. The van der Waals surface area contributed by atoms with Crippen molar-refractivity contribution in [2.45, 2.75) is 6.92 Å². The minimum atomic E-state index is -0.307. The highest BCUT2D eigenvalue weighted by atomic mass is 16.3. The number of phenols is 1. The number of nitrogens with zero attached hydrogens (tertiary/aromatic N) is 1. The standard InChI is InChI=1S/C11H14N2O2/c1-7(12-2)8-5-4-6-9(10(8)14)11(15)13-3/h4-6,14H,1-3H3,(H,13,15). The molecule has 0 atom stereocenters. The zero-order valence-electron chi connectivity index (χ0n) is 9.03. The highest BCUT2D eigenvalue weighted by Gasteiger charge is 2.13. The molecule has 1 amide bonds. The summed E-state index contributed by atoms with van der Waals surface area (Å²) in [5.74, 6) is -0.335. The van der Waals surface area contributed by atoms with Crippen LogP contribution in [0.1, 0.15) is 22.8 Å². The Morgan fingerprint density at radius 3 is 2.53 bits per heavy atom. The molecule has 1 rings (SSSR count). The summed E-state index contributed by atoms with van der Waals surface area (Å²) in [4.78, 5) is 15.4. The quantitative estimate of drug-likeness (QED) is 0.714. The Labute approximate surface area is 88.7 Å². The fourth-order valence-corrected chi connectivity index (χ4v) is 1.27. The minimum absolute atomic E-state index is 0.0278. The summed E-state index contributed by atoms with van der Waals surface area (Å²) in [7, 11) is 3.16. The molecule has 0 bridgehead atoms. The second kappa shape index (κ2) is 4.59. The van der Waals surface area contributed by atoms with Crippen LogP contribution in [0.3, 0.4) is 0 Å². The molecule has 0 saturated carbocycles. The first kappa shape index (κ1) is 11.2. The summed E-state index contributed by atoms with van der Waals surface area (Å²) < 4.78 is 0. The lowest BCUT2D eigenvalue weighted by molar-refractivity contribution is 0.0960. The smallest absolute Gasteiger partial charge is 0.254 e. The normalized spacial score (nSPS) is 11.3. The van der Waals surface area contributed by atoms with E-state index in [2.05, 4.69) is 10.3 Å². The van der Waals surface area contributed by atoms with Gasteiger partial charge in [-0.15, -0.1) is 0 Å². The van der Waals surface area contributed by atoms with E-state index in [1.807, 2.05) is 0 Å². The second-order valence-corrected chi connectivity index (χ2v) is 3.09. The van der Waals surface area contributed by atoms with Crippen LogP contribution in [-0.2, 0) is 0 Å². The fraction of sp³-hybridized carbons (Fsp3) is 0.273. The summed E-state index contributed by atoms with van der Waals surface area (Å²) in [6, 6.07) is 5.01. The molecule has 0 aliphatic rings. The molecule has 15 heavy (non-hydrogen) atoms. The maximum Gasteiger partial charge on any atom is 0.254 e. The van der Waals surface area contributed by atoms with E-state index in [9.17, 15) is 9.90 Å². The molecule has 0 aromatic heterocycles. The number of para-hydroxylation sites is 1. The van der Waals surface area contributed by atoms with Crippen LogP contribution in [0.4, 0.5) is 0 Å². The van der Waals surface area contributed by atoms with Gasteiger partial charge in [0.2, 0.25) is 0 Å². The lowest BCUT2D eigenvalue weighted by Crippen LogP contribution is -2.18. The van der Waals surface area contributed by atoms with Crippen molar-refractivity contribution in [2.75, 3.05) is 14.1 Å². The topological polar surface area (TPSA) is 61.7 Å². The molecule has 4 nitrogen and oxygen atoms in total. The van der Waals surface area contributed by atoms with Crippen LogP contribution in [-0.4, -0.2) is 30.8 Å². The predicted molar refractivity (Wildman–Crippen MR) is 59.6 cm³/mol. The Morgan fingerprint density at radius 1 is 1.40 bits per heavy atom. The Bertz CT molecular complexity index is 411. The molecule has 80 valence electrons. The van der Waals surface area contributed by atoms with Gasteiger partial charge in [-0.25, -0.2) is 0 Å². The lowest BCUT2D eigenvalue weighted by atomic mass is 10.0. The largest absolute Gasteiger partial charge is 0.506 e. The zero-order chi connectivity index (χ0) is 11.4. The number of carbonyl (C=O) groups excluding carboxylic acids is 1. The van der Waals surface area contributed by atoms with Crippen LogP contribution >= 0.6 is 0 Å². The van der Waals surface area contributed by atoms with Gasteiger partial charge in [0.05, 0.1) is 5.56 Å². The van der Waals surface area contributed by atoms with E-state index in [1.54, 1.807) is 32.2 Å². The van der Waals surface area contributed by atoms with Gasteiger partial charge >= 0.3 is 0 Å². The molecule has 0 aliphatic carbocycles. The molecular formula is C11H14N2O2. The van der Waals surface area contributed by atoms with Crippen LogP contribution in [0.2, 0.25) is 0 Å². The number of aliphatic imine (C=N–C) groups is 1. The third-order valence-electron chi connectivity index (χ3n) is 2.23. The van der Waals surface area contributed by atoms with Crippen molar-refractivity contribution in [2.24, 2.45) is 4.99 Å². The molecule has 0 unspecified atom stereocenters. The molecule has 2 N–H and O–H groups in total. The number of phenolic OH excluding ortho intramolecular Hbond substituents is 1. The lowest BCUT2D eigenvalue weighted by Gasteiger charge is -2.07. The van der Waals surface area contributed by atoms with Crippen molar-refractivity contribution < 1.29 is 9.90 Å². The Kier molecular flexibility index (Phi) is 3.44. The monoisotopic (exact) mass is 206 g/mol. The van der Waals surface area contributed by atoms with Crippen molar-refractivity contribution in [3.8, 4) is 5.75 Å². The van der Waals surface area contributed by atoms with Gasteiger partial charge in [-0.05, 0) is 19.1 Å². The summed E-state index contributed by atoms with van der Waals surface area (Å²) >= 11 is 0. The third kappa shape index (κ3) is 2.15. The molecule has 4 heteroatoms. The number of benzene rings is 1. The van der Waals surface area contributed by atoms with E-state index >= 15 is 0 Å². The van der Waals surface area contributed by atoms with Gasteiger partial charge < -0.3 is 10.4 Å². The summed E-state index contributed by atoms with van der Waals surface area (Å²) in [5.41, 5.74) is 1.54. The highest BCUT2D eigenvalue weighted by Crippen LogP contribution is 2.22. The molecule has 1 aromatic rings. The number of carbonyl (C=O) groups is 1. The Morgan fingerprint density at radius 2 is 2.00 bits per heavy atom. The van der Waals surface area contributed by atoms with Gasteiger partial charge in [0.25, 0.3) is 5.91 Å². The average Bonchev–Trinajstić information content (AvgIpc) is 2.27.